The highest BCUT2D eigenvalue weighted by atomic mass is 19.1. The normalized spacial score (nSPS) is 18.1. The van der Waals surface area contributed by atoms with Crippen LogP contribution in [0.15, 0.2) is 18.2 Å². The van der Waals surface area contributed by atoms with Gasteiger partial charge in [0.2, 0.25) is 5.91 Å². The number of carbonyl (C=O) groups is 2. The fraction of sp³-hybridized carbons (Fsp3) is 0.467. The molecule has 1 aliphatic rings. The number of carbonyl (C=O) groups excluding carboxylic acids is 2. The molecule has 1 amide bonds. The van der Waals surface area contributed by atoms with Gasteiger partial charge in [-0.2, -0.15) is 0 Å². The molecule has 0 radical (unpaired) electrons. The summed E-state index contributed by atoms with van der Waals surface area (Å²) in [7, 11) is 1.32. The smallest absolute Gasteiger partial charge is 0.328 e. The first-order valence-electron chi connectivity index (χ1n) is 6.64. The highest BCUT2D eigenvalue weighted by molar-refractivity contribution is 5.86. The zero-order chi connectivity index (χ0) is 14.7. The molecule has 0 saturated carbocycles. The predicted molar refractivity (Wildman–Crippen MR) is 71.6 cm³/mol. The quantitative estimate of drug-likeness (QED) is 0.793. The maximum atomic E-state index is 13.3. The first kappa shape index (κ1) is 14.5. The molecule has 1 heterocycles. The molecule has 1 fully saturated rings. The van der Waals surface area contributed by atoms with E-state index in [1.807, 2.05) is 0 Å². The molecule has 1 unspecified atom stereocenters. The maximum absolute atomic E-state index is 13.3. The highest BCUT2D eigenvalue weighted by Gasteiger charge is 2.34. The minimum atomic E-state index is -0.498. The van der Waals surface area contributed by atoms with Gasteiger partial charge < -0.3 is 9.64 Å². The molecule has 0 bridgehead atoms. The Hall–Kier alpha value is -1.91. The van der Waals surface area contributed by atoms with E-state index in [0.29, 0.717) is 18.5 Å². The second-order valence-electron chi connectivity index (χ2n) is 5.08. The molecule has 1 aliphatic heterocycles. The van der Waals surface area contributed by atoms with Gasteiger partial charge in [-0.25, -0.2) is 9.18 Å². The topological polar surface area (TPSA) is 46.6 Å². The van der Waals surface area contributed by atoms with Gasteiger partial charge in [-0.3, -0.25) is 4.79 Å². The van der Waals surface area contributed by atoms with Gasteiger partial charge >= 0.3 is 5.97 Å². The van der Waals surface area contributed by atoms with Gasteiger partial charge in [-0.05, 0) is 43.0 Å². The third-order valence-electron chi connectivity index (χ3n) is 3.50. The van der Waals surface area contributed by atoms with E-state index in [1.165, 1.54) is 24.1 Å². The third-order valence-corrected chi connectivity index (χ3v) is 3.50. The first-order chi connectivity index (χ1) is 9.51. The number of amides is 1. The number of rotatable bonds is 3. The van der Waals surface area contributed by atoms with Crippen molar-refractivity contribution < 1.29 is 18.7 Å². The minimum absolute atomic E-state index is 0.103. The van der Waals surface area contributed by atoms with Crippen molar-refractivity contribution in [2.75, 3.05) is 13.7 Å². The lowest BCUT2D eigenvalue weighted by atomic mass is 10.1. The lowest BCUT2D eigenvalue weighted by Crippen LogP contribution is -2.41. The van der Waals surface area contributed by atoms with Crippen LogP contribution in [-0.4, -0.2) is 36.5 Å². The average Bonchev–Trinajstić information content (AvgIpc) is 2.85. The summed E-state index contributed by atoms with van der Waals surface area (Å²) in [4.78, 5) is 25.4. The van der Waals surface area contributed by atoms with E-state index in [9.17, 15) is 14.0 Å². The highest BCUT2D eigenvalue weighted by Crippen LogP contribution is 2.20. The standard InChI is InChI=1S/C15H18FNO3/c1-10-6-11(8-12(16)7-10)9-14(18)17-5-3-4-13(17)15(19)20-2/h6-8,13H,3-5,9H2,1-2H3. The number of hydrogen-bond donors (Lipinski definition) is 0. The fourth-order valence-electron chi connectivity index (χ4n) is 2.64. The Kier molecular flexibility index (Phi) is 4.37. The number of aryl methyl sites for hydroxylation is 1. The van der Waals surface area contributed by atoms with Crippen molar-refractivity contribution in [2.45, 2.75) is 32.2 Å². The van der Waals surface area contributed by atoms with Crippen LogP contribution in [0, 0.1) is 12.7 Å². The number of benzene rings is 1. The van der Waals surface area contributed by atoms with Gasteiger partial charge in [-0.1, -0.05) is 6.07 Å². The van der Waals surface area contributed by atoms with Crippen molar-refractivity contribution in [2.24, 2.45) is 0 Å². The molecule has 5 heteroatoms. The SMILES string of the molecule is COC(=O)C1CCCN1C(=O)Cc1cc(C)cc(F)c1. The van der Waals surface area contributed by atoms with Gasteiger partial charge in [0.25, 0.3) is 0 Å². The molecular weight excluding hydrogens is 261 g/mol. The molecule has 108 valence electrons. The van der Waals surface area contributed by atoms with Crippen molar-refractivity contribution in [3.05, 3.63) is 35.1 Å². The molecule has 1 atom stereocenters. The molecule has 1 aromatic rings. The second-order valence-corrected chi connectivity index (χ2v) is 5.08. The third kappa shape index (κ3) is 3.15. The van der Waals surface area contributed by atoms with Crippen molar-refractivity contribution in [3.8, 4) is 0 Å². The molecule has 2 rings (SSSR count). The lowest BCUT2D eigenvalue weighted by Gasteiger charge is -2.22. The Bertz CT molecular complexity index is 510. The zero-order valence-electron chi connectivity index (χ0n) is 11.7. The number of methoxy groups -OCH3 is 1. The summed E-state index contributed by atoms with van der Waals surface area (Å²) in [5, 5.41) is 0. The summed E-state index contributed by atoms with van der Waals surface area (Å²) in [5.74, 6) is -0.895. The minimum Gasteiger partial charge on any atom is -0.467 e. The van der Waals surface area contributed by atoms with Crippen LogP contribution in [0.3, 0.4) is 0 Å². The van der Waals surface area contributed by atoms with Crippen molar-refractivity contribution in [3.63, 3.8) is 0 Å². The molecular formula is C15H18FNO3. The first-order valence-corrected chi connectivity index (χ1v) is 6.64. The van der Waals surface area contributed by atoms with E-state index in [1.54, 1.807) is 13.0 Å². The van der Waals surface area contributed by atoms with E-state index in [2.05, 4.69) is 0 Å². The van der Waals surface area contributed by atoms with Crippen molar-refractivity contribution in [1.82, 2.24) is 4.90 Å². The monoisotopic (exact) mass is 279 g/mol. The van der Waals surface area contributed by atoms with Gasteiger partial charge in [0, 0.05) is 6.54 Å². The Morgan fingerprint density at radius 3 is 2.80 bits per heavy atom. The van der Waals surface area contributed by atoms with Gasteiger partial charge in [-0.15, -0.1) is 0 Å². The van der Waals surface area contributed by atoms with E-state index in [-0.39, 0.29) is 24.1 Å². The van der Waals surface area contributed by atoms with E-state index < -0.39 is 6.04 Å². The molecule has 0 aromatic heterocycles. The number of hydrogen-bond acceptors (Lipinski definition) is 3. The summed E-state index contributed by atoms with van der Waals surface area (Å²) in [6.07, 6.45) is 1.51. The summed E-state index contributed by atoms with van der Waals surface area (Å²) in [5.41, 5.74) is 1.40. The van der Waals surface area contributed by atoms with Crippen LogP contribution in [0.4, 0.5) is 4.39 Å². The zero-order valence-corrected chi connectivity index (χ0v) is 11.7. The fourth-order valence-corrected chi connectivity index (χ4v) is 2.64. The van der Waals surface area contributed by atoms with Gasteiger partial charge in [0.1, 0.15) is 11.9 Å². The Labute approximate surface area is 117 Å². The Morgan fingerprint density at radius 2 is 2.15 bits per heavy atom. The van der Waals surface area contributed by atoms with Crippen LogP contribution in [-0.2, 0) is 20.7 Å². The average molecular weight is 279 g/mol. The van der Waals surface area contributed by atoms with Crippen LogP contribution in [0.25, 0.3) is 0 Å². The summed E-state index contributed by atoms with van der Waals surface area (Å²) < 4.78 is 18.0. The molecule has 0 aliphatic carbocycles. The van der Waals surface area contributed by atoms with Gasteiger partial charge in [0.05, 0.1) is 13.5 Å². The Balaban J connectivity index is 2.09. The molecule has 0 N–H and O–H groups in total. The predicted octanol–water partition coefficient (Wildman–Crippen LogP) is 1.84. The van der Waals surface area contributed by atoms with Crippen molar-refractivity contribution in [1.29, 1.82) is 0 Å². The number of esters is 1. The van der Waals surface area contributed by atoms with Crippen LogP contribution < -0.4 is 0 Å². The number of likely N-dealkylation sites (tertiary alicyclic amines) is 1. The van der Waals surface area contributed by atoms with Gasteiger partial charge in [0.15, 0.2) is 0 Å². The van der Waals surface area contributed by atoms with E-state index >= 15 is 0 Å². The summed E-state index contributed by atoms with van der Waals surface area (Å²) in [6, 6.07) is 4.06. The second kappa shape index (κ2) is 6.03. The molecule has 1 saturated heterocycles. The molecule has 0 spiro atoms. The summed E-state index contributed by atoms with van der Waals surface area (Å²) >= 11 is 0. The number of ether oxygens (including phenoxy) is 1. The Morgan fingerprint density at radius 1 is 1.40 bits per heavy atom. The largest absolute Gasteiger partial charge is 0.467 e. The van der Waals surface area contributed by atoms with Crippen LogP contribution in [0.1, 0.15) is 24.0 Å². The van der Waals surface area contributed by atoms with Crippen LogP contribution in [0.2, 0.25) is 0 Å². The van der Waals surface area contributed by atoms with Crippen LogP contribution in [0.5, 0.6) is 0 Å². The molecule has 4 nitrogen and oxygen atoms in total. The summed E-state index contributed by atoms with van der Waals surface area (Å²) in [6.45, 7) is 2.33. The maximum Gasteiger partial charge on any atom is 0.328 e. The lowest BCUT2D eigenvalue weighted by molar-refractivity contribution is -0.150. The number of halogens is 1. The van der Waals surface area contributed by atoms with E-state index in [0.717, 1.165) is 12.0 Å². The molecule has 1 aromatic carbocycles. The molecule has 20 heavy (non-hydrogen) atoms. The van der Waals surface area contributed by atoms with Crippen LogP contribution >= 0.6 is 0 Å². The number of nitrogens with zero attached hydrogens (tertiary/aromatic N) is 1. The van der Waals surface area contributed by atoms with E-state index in [4.69, 9.17) is 4.74 Å². The van der Waals surface area contributed by atoms with Crippen molar-refractivity contribution >= 4 is 11.9 Å².